The highest BCUT2D eigenvalue weighted by Crippen LogP contribution is 2.10. The Morgan fingerprint density at radius 1 is 1.42 bits per heavy atom. The van der Waals surface area contributed by atoms with Gasteiger partial charge in [-0.05, 0) is 6.07 Å². The largest absolute Gasteiger partial charge is 0.477 e. The summed E-state index contributed by atoms with van der Waals surface area (Å²) < 4.78 is 25.8. The highest BCUT2D eigenvalue weighted by Gasteiger charge is 2.18. The molecular formula is C10H15N3O5S. The lowest BCUT2D eigenvalue weighted by atomic mass is 10.4. The normalized spacial score (nSPS) is 11.3. The Kier molecular flexibility index (Phi) is 4.67. The van der Waals surface area contributed by atoms with Gasteiger partial charge < -0.3 is 15.0 Å². The summed E-state index contributed by atoms with van der Waals surface area (Å²) >= 11 is 0. The predicted octanol–water partition coefficient (Wildman–Crippen LogP) is -0.530. The number of amides is 1. The first-order valence-electron chi connectivity index (χ1n) is 5.35. The summed E-state index contributed by atoms with van der Waals surface area (Å²) in [6.45, 7) is -0.0487. The third-order valence-electron chi connectivity index (χ3n) is 2.33. The highest BCUT2D eigenvalue weighted by atomic mass is 32.2. The monoisotopic (exact) mass is 289 g/mol. The molecule has 0 aliphatic rings. The van der Waals surface area contributed by atoms with Gasteiger partial charge in [0.05, 0.1) is 0 Å². The van der Waals surface area contributed by atoms with E-state index in [-0.39, 0.29) is 29.5 Å². The van der Waals surface area contributed by atoms with Crippen LogP contribution in [0.4, 0.5) is 0 Å². The fraction of sp³-hybridized carbons (Fsp3) is 0.400. The van der Waals surface area contributed by atoms with Crippen LogP contribution in [0.5, 0.6) is 0 Å². The molecule has 1 amide bonds. The van der Waals surface area contributed by atoms with Gasteiger partial charge >= 0.3 is 5.97 Å². The molecule has 0 atom stereocenters. The summed E-state index contributed by atoms with van der Waals surface area (Å²) in [7, 11) is -0.667. The number of carbonyl (C=O) groups is 2. The first kappa shape index (κ1) is 15.2. The first-order chi connectivity index (χ1) is 8.74. The number of aromatic nitrogens is 1. The minimum absolute atomic E-state index is 0.0302. The van der Waals surface area contributed by atoms with Crippen molar-refractivity contribution in [1.29, 1.82) is 0 Å². The summed E-state index contributed by atoms with van der Waals surface area (Å²) in [5, 5.41) is 8.68. The van der Waals surface area contributed by atoms with E-state index in [2.05, 4.69) is 9.71 Å². The number of hydrogen-bond acceptors (Lipinski definition) is 4. The van der Waals surface area contributed by atoms with Gasteiger partial charge in [-0.15, -0.1) is 0 Å². The Morgan fingerprint density at radius 3 is 2.53 bits per heavy atom. The molecule has 3 N–H and O–H groups in total. The highest BCUT2D eigenvalue weighted by molar-refractivity contribution is 7.89. The van der Waals surface area contributed by atoms with Gasteiger partial charge in [0.2, 0.25) is 15.9 Å². The van der Waals surface area contributed by atoms with Gasteiger partial charge in [-0.1, -0.05) is 0 Å². The topological polar surface area (TPSA) is 120 Å². The van der Waals surface area contributed by atoms with E-state index in [1.807, 2.05) is 0 Å². The molecule has 0 aliphatic carbocycles. The number of nitrogens with one attached hydrogen (secondary N) is 2. The van der Waals surface area contributed by atoms with Crippen molar-refractivity contribution in [3.63, 3.8) is 0 Å². The average Bonchev–Trinajstić information content (AvgIpc) is 2.78. The van der Waals surface area contributed by atoms with E-state index in [4.69, 9.17) is 5.11 Å². The fourth-order valence-corrected chi connectivity index (χ4v) is 2.28. The molecule has 0 spiro atoms. The molecule has 0 unspecified atom stereocenters. The summed E-state index contributed by atoms with van der Waals surface area (Å²) in [4.78, 5) is 25.4. The van der Waals surface area contributed by atoms with Crippen LogP contribution in [0.15, 0.2) is 17.2 Å². The van der Waals surface area contributed by atoms with Crippen LogP contribution in [0.3, 0.4) is 0 Å². The lowest BCUT2D eigenvalue weighted by Gasteiger charge is -2.10. The maximum atomic E-state index is 11.8. The molecule has 0 aromatic carbocycles. The predicted molar refractivity (Wildman–Crippen MR) is 66.3 cm³/mol. The summed E-state index contributed by atoms with van der Waals surface area (Å²) in [5.74, 6) is -1.45. The van der Waals surface area contributed by atoms with Crippen molar-refractivity contribution < 1.29 is 23.1 Å². The van der Waals surface area contributed by atoms with E-state index < -0.39 is 16.0 Å². The van der Waals surface area contributed by atoms with E-state index in [0.717, 1.165) is 12.3 Å². The van der Waals surface area contributed by atoms with Crippen molar-refractivity contribution in [3.8, 4) is 0 Å². The molecule has 1 heterocycles. The van der Waals surface area contributed by atoms with Crippen LogP contribution in [0.1, 0.15) is 16.9 Å². The van der Waals surface area contributed by atoms with E-state index in [0.29, 0.717) is 0 Å². The lowest BCUT2D eigenvalue weighted by molar-refractivity contribution is -0.128. The number of nitrogens with zero attached hydrogens (tertiary/aromatic N) is 1. The molecule has 0 fully saturated rings. The third-order valence-corrected chi connectivity index (χ3v) is 3.77. The Morgan fingerprint density at radius 2 is 2.05 bits per heavy atom. The van der Waals surface area contributed by atoms with Crippen molar-refractivity contribution >= 4 is 21.9 Å². The number of rotatable bonds is 6. The third kappa shape index (κ3) is 4.07. The number of hydrogen-bond donors (Lipinski definition) is 3. The molecule has 0 aliphatic heterocycles. The van der Waals surface area contributed by atoms with Crippen LogP contribution in [0, 0.1) is 0 Å². The Hall–Kier alpha value is -1.87. The molecule has 8 nitrogen and oxygen atoms in total. The van der Waals surface area contributed by atoms with Crippen LogP contribution < -0.4 is 4.72 Å². The molecule has 9 heteroatoms. The van der Waals surface area contributed by atoms with E-state index >= 15 is 0 Å². The number of sulfonamides is 1. The zero-order valence-corrected chi connectivity index (χ0v) is 11.3. The number of carboxylic acids is 1. The first-order valence-corrected chi connectivity index (χ1v) is 6.84. The van der Waals surface area contributed by atoms with Crippen LogP contribution >= 0.6 is 0 Å². The zero-order chi connectivity index (χ0) is 14.6. The molecule has 19 heavy (non-hydrogen) atoms. The van der Waals surface area contributed by atoms with Crippen molar-refractivity contribution in [2.24, 2.45) is 0 Å². The molecule has 0 saturated heterocycles. The summed E-state index contributed by atoms with van der Waals surface area (Å²) in [5.41, 5.74) is -0.218. The van der Waals surface area contributed by atoms with E-state index in [9.17, 15) is 18.0 Å². The molecule has 1 rings (SSSR count). The number of carbonyl (C=O) groups excluding carboxylic acids is 1. The van der Waals surface area contributed by atoms with Gasteiger partial charge in [-0.3, -0.25) is 4.79 Å². The average molecular weight is 289 g/mol. The number of carboxylic acid groups (broad SMARTS) is 1. The minimum Gasteiger partial charge on any atom is -0.477 e. The quantitative estimate of drug-likeness (QED) is 0.650. The molecule has 0 bridgehead atoms. The Labute approximate surface area is 110 Å². The molecule has 0 radical (unpaired) electrons. The van der Waals surface area contributed by atoms with Gasteiger partial charge in [0.25, 0.3) is 0 Å². The maximum Gasteiger partial charge on any atom is 0.352 e. The van der Waals surface area contributed by atoms with Crippen LogP contribution in [-0.2, 0) is 14.8 Å². The smallest absolute Gasteiger partial charge is 0.352 e. The van der Waals surface area contributed by atoms with Crippen molar-refractivity contribution in [2.45, 2.75) is 11.3 Å². The standard InChI is InChI=1S/C10H15N3O5S/c1-13(2)9(14)3-4-12-19(17,18)7-5-8(10(15)16)11-6-7/h5-6,11-12H,3-4H2,1-2H3,(H,15,16). The van der Waals surface area contributed by atoms with Gasteiger partial charge in [0.15, 0.2) is 0 Å². The van der Waals surface area contributed by atoms with Gasteiger partial charge in [0, 0.05) is 33.3 Å². The van der Waals surface area contributed by atoms with Gasteiger partial charge in [-0.25, -0.2) is 17.9 Å². The Balaban J connectivity index is 2.65. The molecular weight excluding hydrogens is 274 g/mol. The number of aromatic amines is 1. The molecule has 106 valence electrons. The van der Waals surface area contributed by atoms with E-state index in [1.54, 1.807) is 14.1 Å². The minimum atomic E-state index is -3.81. The van der Waals surface area contributed by atoms with Crippen LogP contribution in [0.2, 0.25) is 0 Å². The van der Waals surface area contributed by atoms with E-state index in [1.165, 1.54) is 4.90 Å². The molecule has 1 aromatic rings. The zero-order valence-electron chi connectivity index (χ0n) is 10.5. The molecule has 0 saturated carbocycles. The van der Waals surface area contributed by atoms with Gasteiger partial charge in [0.1, 0.15) is 10.6 Å². The SMILES string of the molecule is CN(C)C(=O)CCNS(=O)(=O)c1c[nH]c(C(=O)O)c1. The number of H-pyrrole nitrogens is 1. The summed E-state index contributed by atoms with van der Waals surface area (Å²) in [6, 6.07) is 1.01. The second kappa shape index (κ2) is 5.85. The van der Waals surface area contributed by atoms with Crippen molar-refractivity contribution in [2.75, 3.05) is 20.6 Å². The maximum absolute atomic E-state index is 11.8. The van der Waals surface area contributed by atoms with Crippen molar-refractivity contribution in [3.05, 3.63) is 18.0 Å². The lowest BCUT2D eigenvalue weighted by Crippen LogP contribution is -2.30. The second-order valence-corrected chi connectivity index (χ2v) is 5.76. The van der Waals surface area contributed by atoms with Gasteiger partial charge in [-0.2, -0.15) is 0 Å². The second-order valence-electron chi connectivity index (χ2n) is 3.99. The van der Waals surface area contributed by atoms with Crippen LogP contribution in [0.25, 0.3) is 0 Å². The fourth-order valence-electron chi connectivity index (χ4n) is 1.25. The number of aromatic carboxylic acids is 1. The van der Waals surface area contributed by atoms with Crippen LogP contribution in [-0.4, -0.2) is 55.9 Å². The van der Waals surface area contributed by atoms with Crippen molar-refractivity contribution in [1.82, 2.24) is 14.6 Å². The summed E-state index contributed by atoms with van der Waals surface area (Å²) in [6.07, 6.45) is 1.11. The molecule has 1 aromatic heterocycles. The Bertz CT molecular complexity index is 576.